The van der Waals surface area contributed by atoms with Crippen LogP contribution in [-0.2, 0) is 33.2 Å². The van der Waals surface area contributed by atoms with Gasteiger partial charge >= 0.3 is 23.9 Å². The zero-order chi connectivity index (χ0) is 45.9. The summed E-state index contributed by atoms with van der Waals surface area (Å²) in [7, 11) is 1.20. The number of carbonyl (C=O) groups is 4. The number of benzene rings is 3. The molecule has 0 amide bonds. The van der Waals surface area contributed by atoms with Crippen LogP contribution in [0.2, 0.25) is 0 Å². The maximum Gasteiger partial charge on any atom is 0.339 e. The first kappa shape index (κ1) is 46.7. The predicted molar refractivity (Wildman–Crippen MR) is 246 cm³/mol. The number of hydrogen-bond donors (Lipinski definition) is 0. The minimum atomic E-state index is -1.61. The van der Waals surface area contributed by atoms with Gasteiger partial charge in [-0.2, -0.15) is 0 Å². The van der Waals surface area contributed by atoms with Crippen LogP contribution < -0.4 is 0 Å². The van der Waals surface area contributed by atoms with Crippen molar-refractivity contribution in [3.8, 4) is 0 Å². The molecule has 0 aromatic heterocycles. The van der Waals surface area contributed by atoms with Crippen molar-refractivity contribution in [3.05, 3.63) is 119 Å². The monoisotopic (exact) mass is 888 g/mol. The number of ether oxygens (including phenoxy) is 6. The molecule has 1 aliphatic heterocycles. The van der Waals surface area contributed by atoms with Crippen molar-refractivity contribution in [2.75, 3.05) is 7.11 Å². The molecule has 3 aromatic carbocycles. The van der Waals surface area contributed by atoms with Gasteiger partial charge in [-0.15, -0.1) is 0 Å². The molecule has 8 rings (SSSR count). The van der Waals surface area contributed by atoms with Gasteiger partial charge in [-0.25, -0.2) is 19.2 Å². The Morgan fingerprint density at radius 1 is 0.677 bits per heavy atom. The molecule has 10 heteroatoms. The second kappa shape index (κ2) is 20.0. The number of esters is 4. The van der Waals surface area contributed by atoms with Crippen LogP contribution in [0.4, 0.5) is 0 Å². The first-order chi connectivity index (χ1) is 31.3. The Balaban J connectivity index is 1.07. The number of hydrogen-bond acceptors (Lipinski definition) is 10. The molecule has 3 saturated carbocycles. The third-order valence-corrected chi connectivity index (χ3v) is 16.3. The van der Waals surface area contributed by atoms with Crippen LogP contribution in [-0.4, -0.2) is 67.8 Å². The maximum atomic E-state index is 14.0. The van der Waals surface area contributed by atoms with Crippen molar-refractivity contribution in [3.63, 3.8) is 0 Å². The summed E-state index contributed by atoms with van der Waals surface area (Å²) in [6.07, 6.45) is 6.93. The fourth-order valence-corrected chi connectivity index (χ4v) is 12.9. The largest absolute Gasteiger partial charge is 0.467 e. The van der Waals surface area contributed by atoms with Gasteiger partial charge in [-0.1, -0.05) is 120 Å². The molecule has 348 valence electrons. The highest BCUT2D eigenvalue weighted by atomic mass is 16.7. The fourth-order valence-electron chi connectivity index (χ4n) is 12.9. The molecule has 1 heterocycles. The highest BCUT2D eigenvalue weighted by Crippen LogP contribution is 2.67. The second-order valence-electron chi connectivity index (χ2n) is 20.4. The summed E-state index contributed by atoms with van der Waals surface area (Å²) in [6, 6.07) is 25.0. The van der Waals surface area contributed by atoms with E-state index in [4.69, 9.17) is 28.4 Å². The summed E-state index contributed by atoms with van der Waals surface area (Å²) in [4.78, 5) is 55.4. The lowest BCUT2D eigenvalue weighted by atomic mass is 9.47. The van der Waals surface area contributed by atoms with E-state index in [2.05, 4.69) is 40.7 Å². The lowest BCUT2D eigenvalue weighted by Crippen LogP contribution is -2.64. The molecule has 13 atom stereocenters. The molecule has 1 saturated heterocycles. The Labute approximate surface area is 385 Å². The van der Waals surface area contributed by atoms with E-state index >= 15 is 0 Å². The summed E-state index contributed by atoms with van der Waals surface area (Å²) < 4.78 is 37.0. The molecule has 5 aliphatic rings. The van der Waals surface area contributed by atoms with Crippen LogP contribution >= 0.6 is 0 Å². The van der Waals surface area contributed by atoms with Crippen LogP contribution in [0.3, 0.4) is 0 Å². The van der Waals surface area contributed by atoms with Crippen molar-refractivity contribution < 1.29 is 47.6 Å². The van der Waals surface area contributed by atoms with Gasteiger partial charge in [0.25, 0.3) is 0 Å². The van der Waals surface area contributed by atoms with Crippen LogP contribution in [0.25, 0.3) is 0 Å². The molecule has 4 fully saturated rings. The van der Waals surface area contributed by atoms with Crippen molar-refractivity contribution in [1.82, 2.24) is 0 Å². The van der Waals surface area contributed by atoms with Crippen LogP contribution in [0.15, 0.2) is 103 Å². The molecule has 0 bridgehead atoms. The summed E-state index contributed by atoms with van der Waals surface area (Å²) in [5.41, 5.74) is 2.42. The van der Waals surface area contributed by atoms with Gasteiger partial charge in [-0.05, 0) is 134 Å². The topological polar surface area (TPSA) is 124 Å². The Morgan fingerprint density at radius 2 is 1.25 bits per heavy atom. The van der Waals surface area contributed by atoms with Gasteiger partial charge < -0.3 is 28.4 Å². The van der Waals surface area contributed by atoms with E-state index in [1.807, 2.05) is 0 Å². The average molecular weight is 889 g/mol. The van der Waals surface area contributed by atoms with E-state index < -0.39 is 54.6 Å². The van der Waals surface area contributed by atoms with E-state index in [1.165, 1.54) is 57.6 Å². The van der Waals surface area contributed by atoms with Crippen molar-refractivity contribution in [1.29, 1.82) is 0 Å². The number of rotatable bonds is 14. The predicted octanol–water partition coefficient (Wildman–Crippen LogP) is 11.0. The minimum Gasteiger partial charge on any atom is -0.467 e. The number of fused-ring (bicyclic) bond motifs is 5. The lowest BCUT2D eigenvalue weighted by molar-refractivity contribution is -0.304. The van der Waals surface area contributed by atoms with E-state index in [0.717, 1.165) is 36.5 Å². The third kappa shape index (κ3) is 9.72. The van der Waals surface area contributed by atoms with Crippen LogP contribution in [0.5, 0.6) is 0 Å². The normalized spacial score (nSPS) is 33.3. The van der Waals surface area contributed by atoms with Crippen molar-refractivity contribution in [2.24, 2.45) is 46.3 Å². The van der Waals surface area contributed by atoms with Gasteiger partial charge in [0.1, 0.15) is 0 Å². The third-order valence-electron chi connectivity index (χ3n) is 16.3. The number of allylic oxidation sites excluding steroid dienone is 1. The summed E-state index contributed by atoms with van der Waals surface area (Å²) in [6.45, 7) is 12.3. The fraction of sp³-hybridized carbons (Fsp3) is 0.564. The summed E-state index contributed by atoms with van der Waals surface area (Å²) in [5.74, 6) is 1.07. The summed E-state index contributed by atoms with van der Waals surface area (Å²) >= 11 is 0. The van der Waals surface area contributed by atoms with Gasteiger partial charge in [0.05, 0.1) is 29.9 Å². The SMILES string of the molecule is COC(=O)[C@H]1O[C@@H](O[C@H]2CC[C@@]3(C)C(=CC[C@H]4[C@@H]5CC[C@H]([C@H](C)CCCC(C)C)[C@@]5(C)CC[C@@H]43)C2)[C@H](OC(=O)c2ccccc2)[C@@H](OC(=O)c2ccccc2)[C@H]1OC(=O)c1ccccc1. The smallest absolute Gasteiger partial charge is 0.339 e. The molecular weight excluding hydrogens is 821 g/mol. The molecule has 65 heavy (non-hydrogen) atoms. The number of carbonyl (C=O) groups excluding carboxylic acids is 4. The zero-order valence-electron chi connectivity index (χ0n) is 39.0. The molecule has 0 spiro atoms. The minimum absolute atomic E-state index is 0.0245. The molecule has 0 N–H and O–H groups in total. The Hall–Kier alpha value is -4.80. The Bertz CT molecular complexity index is 2160. The Morgan fingerprint density at radius 3 is 1.82 bits per heavy atom. The molecule has 4 aliphatic carbocycles. The molecule has 10 nitrogen and oxygen atoms in total. The second-order valence-corrected chi connectivity index (χ2v) is 20.4. The molecule has 0 radical (unpaired) electrons. The van der Waals surface area contributed by atoms with E-state index in [9.17, 15) is 19.2 Å². The Kier molecular flexibility index (Phi) is 14.4. The zero-order valence-corrected chi connectivity index (χ0v) is 39.0. The highest BCUT2D eigenvalue weighted by Gasteiger charge is 2.60. The first-order valence-corrected chi connectivity index (χ1v) is 24.2. The standard InChI is InChI=1S/C55H68O10/c1-34(2)17-16-18-35(3)42-27-28-43-41-26-25-39-33-40(29-31-54(39,4)44(41)30-32-55(42,43)5)61-53-48(64-51(58)38-23-14-9-15-24-38)46(63-50(57)37-21-12-8-13-22-37)45(47(65-53)52(59)60-6)62-49(56)36-19-10-7-11-20-36/h7-15,19-25,34-35,40-48,53H,16-18,26-33H2,1-6H3/t35-,40+,41+,42-,43+,44+,45-,46+,47+,48-,53-,54+,55-/m1/s1. The lowest BCUT2D eigenvalue weighted by Gasteiger charge is -2.58. The maximum absolute atomic E-state index is 14.0. The van der Waals surface area contributed by atoms with Crippen molar-refractivity contribution in [2.45, 2.75) is 142 Å². The van der Waals surface area contributed by atoms with Crippen LogP contribution in [0.1, 0.15) is 136 Å². The molecular formula is C55H68O10. The van der Waals surface area contributed by atoms with Gasteiger partial charge in [-0.3, -0.25) is 0 Å². The van der Waals surface area contributed by atoms with E-state index in [0.29, 0.717) is 30.1 Å². The van der Waals surface area contributed by atoms with Gasteiger partial charge in [0, 0.05) is 0 Å². The first-order valence-electron chi connectivity index (χ1n) is 24.2. The quantitative estimate of drug-likeness (QED) is 0.0878. The molecule has 3 aromatic rings. The average Bonchev–Trinajstić information content (AvgIpc) is 3.68. The van der Waals surface area contributed by atoms with Crippen molar-refractivity contribution >= 4 is 23.9 Å². The molecule has 0 unspecified atom stereocenters. The van der Waals surface area contributed by atoms with Gasteiger partial charge in [0.2, 0.25) is 0 Å². The van der Waals surface area contributed by atoms with E-state index in [1.54, 1.807) is 91.0 Å². The highest BCUT2D eigenvalue weighted by molar-refractivity contribution is 5.91. The van der Waals surface area contributed by atoms with E-state index in [-0.39, 0.29) is 28.2 Å². The van der Waals surface area contributed by atoms with Crippen LogP contribution in [0, 0.1) is 46.3 Å². The number of methoxy groups -OCH3 is 1. The summed E-state index contributed by atoms with van der Waals surface area (Å²) in [5, 5.41) is 0. The van der Waals surface area contributed by atoms with Gasteiger partial charge in [0.15, 0.2) is 30.7 Å².